The first-order valence-corrected chi connectivity index (χ1v) is 9.59. The summed E-state index contributed by atoms with van der Waals surface area (Å²) in [5.41, 5.74) is -1.06. The van der Waals surface area contributed by atoms with Gasteiger partial charge in [0, 0.05) is 30.6 Å². The van der Waals surface area contributed by atoms with Gasteiger partial charge in [-0.25, -0.2) is 0 Å². The van der Waals surface area contributed by atoms with Gasteiger partial charge in [0.15, 0.2) is 5.76 Å². The number of allylic oxidation sites excluding steroid dienone is 4. The van der Waals surface area contributed by atoms with E-state index in [0.717, 1.165) is 5.57 Å². The largest absolute Gasteiger partial charge is 0.505 e. The average Bonchev–Trinajstić information content (AvgIpc) is 2.75. The SMILES string of the molecule is CC1(C)C(=O)C(O)=C[C@H]2C1=CC[C@H]1[C@@]2(C)C(=O)C[C@]2(C)CC(=O)C[C@@]12C. The van der Waals surface area contributed by atoms with E-state index in [1.807, 2.05) is 20.8 Å². The van der Waals surface area contributed by atoms with Crippen molar-refractivity contribution in [3.8, 4) is 0 Å². The number of hydrogen-bond acceptors (Lipinski definition) is 4. The average molecular weight is 356 g/mol. The van der Waals surface area contributed by atoms with Crippen molar-refractivity contribution in [3.63, 3.8) is 0 Å². The summed E-state index contributed by atoms with van der Waals surface area (Å²) in [6.45, 7) is 9.94. The summed E-state index contributed by atoms with van der Waals surface area (Å²) in [4.78, 5) is 38.3. The van der Waals surface area contributed by atoms with Gasteiger partial charge in [0.1, 0.15) is 11.6 Å². The van der Waals surface area contributed by atoms with Crippen molar-refractivity contribution >= 4 is 17.3 Å². The minimum Gasteiger partial charge on any atom is -0.505 e. The van der Waals surface area contributed by atoms with Gasteiger partial charge in [-0.2, -0.15) is 0 Å². The number of aliphatic hydroxyl groups is 1. The molecule has 0 unspecified atom stereocenters. The van der Waals surface area contributed by atoms with Crippen LogP contribution in [-0.4, -0.2) is 22.5 Å². The van der Waals surface area contributed by atoms with Crippen LogP contribution in [-0.2, 0) is 14.4 Å². The number of ketones is 3. The summed E-state index contributed by atoms with van der Waals surface area (Å²) in [5.74, 6) is -0.334. The van der Waals surface area contributed by atoms with Gasteiger partial charge in [0.25, 0.3) is 0 Å². The van der Waals surface area contributed by atoms with E-state index in [4.69, 9.17) is 0 Å². The van der Waals surface area contributed by atoms with Crippen LogP contribution in [0.25, 0.3) is 0 Å². The number of aliphatic hydroxyl groups excluding tert-OH is 1. The zero-order valence-electron chi connectivity index (χ0n) is 16.3. The first-order valence-electron chi connectivity index (χ1n) is 9.59. The number of fused-ring (bicyclic) bond motifs is 5. The molecule has 0 spiro atoms. The van der Waals surface area contributed by atoms with E-state index in [0.29, 0.717) is 25.7 Å². The normalized spacial score (nSPS) is 46.9. The summed E-state index contributed by atoms with van der Waals surface area (Å²) < 4.78 is 0. The van der Waals surface area contributed by atoms with Crippen LogP contribution >= 0.6 is 0 Å². The van der Waals surface area contributed by atoms with Gasteiger partial charge in [-0.05, 0) is 43.1 Å². The summed E-state index contributed by atoms with van der Waals surface area (Å²) in [6, 6.07) is 0. The highest BCUT2D eigenvalue weighted by Gasteiger charge is 2.69. The van der Waals surface area contributed by atoms with Crippen LogP contribution in [0.5, 0.6) is 0 Å². The molecule has 0 aliphatic heterocycles. The Morgan fingerprint density at radius 3 is 2.31 bits per heavy atom. The second-order valence-electron chi connectivity index (χ2n) is 10.2. The van der Waals surface area contributed by atoms with Gasteiger partial charge < -0.3 is 5.11 Å². The first kappa shape index (κ1) is 17.7. The van der Waals surface area contributed by atoms with Crippen molar-refractivity contribution in [2.24, 2.45) is 33.5 Å². The Labute approximate surface area is 154 Å². The van der Waals surface area contributed by atoms with Crippen molar-refractivity contribution < 1.29 is 19.5 Å². The van der Waals surface area contributed by atoms with Crippen molar-refractivity contribution in [3.05, 3.63) is 23.5 Å². The maximum absolute atomic E-state index is 13.5. The van der Waals surface area contributed by atoms with E-state index in [1.54, 1.807) is 6.08 Å². The molecule has 4 nitrogen and oxygen atoms in total. The molecule has 0 aromatic heterocycles. The van der Waals surface area contributed by atoms with Crippen LogP contribution in [0.3, 0.4) is 0 Å². The molecule has 2 saturated carbocycles. The Morgan fingerprint density at radius 1 is 1.00 bits per heavy atom. The third-order valence-corrected chi connectivity index (χ3v) is 8.58. The fourth-order valence-corrected chi connectivity index (χ4v) is 6.71. The molecular formula is C22H28O4. The molecule has 1 N–H and O–H groups in total. The lowest BCUT2D eigenvalue weighted by Crippen LogP contribution is -2.61. The molecule has 4 heteroatoms. The lowest BCUT2D eigenvalue weighted by atomic mass is 9.40. The fraction of sp³-hybridized carbons (Fsp3) is 0.682. The molecule has 0 bridgehead atoms. The fourth-order valence-electron chi connectivity index (χ4n) is 6.71. The lowest BCUT2D eigenvalue weighted by molar-refractivity contribution is -0.161. The molecular weight excluding hydrogens is 328 g/mol. The van der Waals surface area contributed by atoms with Crippen LogP contribution in [0, 0.1) is 33.5 Å². The summed E-state index contributed by atoms with van der Waals surface area (Å²) >= 11 is 0. The maximum atomic E-state index is 13.5. The van der Waals surface area contributed by atoms with Crippen LogP contribution < -0.4 is 0 Å². The van der Waals surface area contributed by atoms with Crippen molar-refractivity contribution in [1.29, 1.82) is 0 Å². The Balaban J connectivity index is 1.92. The lowest BCUT2D eigenvalue weighted by Gasteiger charge is -2.62. The predicted octanol–water partition coefficient (Wildman–Crippen LogP) is 3.95. The zero-order chi connectivity index (χ0) is 19.3. The first-order chi connectivity index (χ1) is 11.9. The Morgan fingerprint density at radius 2 is 1.65 bits per heavy atom. The second kappa shape index (κ2) is 4.76. The van der Waals surface area contributed by atoms with Crippen LogP contribution in [0.2, 0.25) is 0 Å². The molecule has 0 amide bonds. The molecule has 2 fully saturated rings. The topological polar surface area (TPSA) is 71.4 Å². The van der Waals surface area contributed by atoms with E-state index < -0.39 is 10.8 Å². The number of hydrogen-bond donors (Lipinski definition) is 1. The molecule has 5 atom stereocenters. The molecule has 0 heterocycles. The van der Waals surface area contributed by atoms with E-state index in [2.05, 4.69) is 19.9 Å². The molecule has 4 aliphatic carbocycles. The highest BCUT2D eigenvalue weighted by atomic mass is 16.3. The second-order valence-corrected chi connectivity index (χ2v) is 10.2. The zero-order valence-corrected chi connectivity index (χ0v) is 16.3. The molecule has 0 aromatic rings. The summed E-state index contributed by atoms with van der Waals surface area (Å²) in [6.07, 6.45) is 5.82. The summed E-state index contributed by atoms with van der Waals surface area (Å²) in [7, 11) is 0. The minimum absolute atomic E-state index is 0.0366. The molecule has 0 saturated heterocycles. The predicted molar refractivity (Wildman–Crippen MR) is 97.4 cm³/mol. The maximum Gasteiger partial charge on any atom is 0.206 e. The Kier molecular flexibility index (Phi) is 3.24. The smallest absolute Gasteiger partial charge is 0.206 e. The third kappa shape index (κ3) is 1.78. The van der Waals surface area contributed by atoms with Crippen molar-refractivity contribution in [2.75, 3.05) is 0 Å². The molecule has 140 valence electrons. The van der Waals surface area contributed by atoms with E-state index in [9.17, 15) is 19.5 Å². The minimum atomic E-state index is -0.801. The van der Waals surface area contributed by atoms with E-state index >= 15 is 0 Å². The highest BCUT2D eigenvalue weighted by molar-refractivity contribution is 6.02. The third-order valence-electron chi connectivity index (χ3n) is 8.58. The van der Waals surface area contributed by atoms with Gasteiger partial charge in [0.05, 0.1) is 5.41 Å². The van der Waals surface area contributed by atoms with Gasteiger partial charge in [-0.3, -0.25) is 14.4 Å². The van der Waals surface area contributed by atoms with Crippen molar-refractivity contribution in [2.45, 2.75) is 60.3 Å². The number of Topliss-reactive ketones (excluding diaryl/α,β-unsaturated/α-hetero) is 3. The van der Waals surface area contributed by atoms with Gasteiger partial charge in [0.2, 0.25) is 5.78 Å². The quantitative estimate of drug-likeness (QED) is 0.667. The van der Waals surface area contributed by atoms with Gasteiger partial charge in [-0.15, -0.1) is 0 Å². The molecule has 0 radical (unpaired) electrons. The van der Waals surface area contributed by atoms with E-state index in [-0.39, 0.29) is 45.8 Å². The number of carbonyl (C=O) groups excluding carboxylic acids is 3. The summed E-state index contributed by atoms with van der Waals surface area (Å²) in [5, 5.41) is 10.3. The Bertz CT molecular complexity index is 816. The molecule has 0 aromatic carbocycles. The van der Waals surface area contributed by atoms with Gasteiger partial charge in [-0.1, -0.05) is 32.4 Å². The van der Waals surface area contributed by atoms with E-state index in [1.165, 1.54) is 0 Å². The molecule has 4 aliphatic rings. The highest BCUT2D eigenvalue weighted by Crippen LogP contribution is 2.70. The number of carbonyl (C=O) groups is 3. The van der Waals surface area contributed by atoms with Crippen LogP contribution in [0.1, 0.15) is 60.3 Å². The Hall–Kier alpha value is -1.71. The standard InChI is InChI=1S/C22H28O4/c1-19(2)13-6-7-16-21(4)10-12(23)9-20(21,3)11-17(25)22(16,5)14(13)8-15(24)18(19)26/h6,8,14,16,24H,7,9-11H2,1-5H3/t14-,16+,20-,21-,22-/m0/s1. The molecule has 4 rings (SSSR count). The van der Waals surface area contributed by atoms with Gasteiger partial charge >= 0.3 is 0 Å². The van der Waals surface area contributed by atoms with Crippen LogP contribution in [0.4, 0.5) is 0 Å². The number of rotatable bonds is 0. The molecule has 26 heavy (non-hydrogen) atoms. The van der Waals surface area contributed by atoms with Crippen LogP contribution in [0.15, 0.2) is 23.5 Å². The van der Waals surface area contributed by atoms with Crippen molar-refractivity contribution in [1.82, 2.24) is 0 Å². The monoisotopic (exact) mass is 356 g/mol.